The fraction of sp³-hybridized carbons (Fsp3) is 0.444. The number of nitrogens with zero attached hydrogens (tertiary/aromatic N) is 2. The van der Waals surface area contributed by atoms with Crippen LogP contribution >= 0.6 is 11.6 Å². The van der Waals surface area contributed by atoms with Crippen LogP contribution in [0.25, 0.3) is 10.9 Å². The highest BCUT2D eigenvalue weighted by Gasteiger charge is 2.35. The number of hydrogen-bond donors (Lipinski definition) is 2. The van der Waals surface area contributed by atoms with Gasteiger partial charge in [0, 0.05) is 48.4 Å². The first-order valence-electron chi connectivity index (χ1n) is 12.2. The molecule has 1 aromatic heterocycles. The third kappa shape index (κ3) is 5.95. The number of H-pyrrole nitrogens is 1. The zero-order chi connectivity index (χ0) is 25.7. The fourth-order valence-electron chi connectivity index (χ4n) is 4.70. The number of aliphatic hydroxyl groups is 1. The quantitative estimate of drug-likeness (QED) is 0.420. The molecule has 3 aromatic rings. The van der Waals surface area contributed by atoms with Gasteiger partial charge in [-0.05, 0) is 61.9 Å². The monoisotopic (exact) mass is 515 g/mol. The average molecular weight is 516 g/mol. The molecule has 2 heterocycles. The predicted molar refractivity (Wildman–Crippen MR) is 140 cm³/mol. The lowest BCUT2D eigenvalue weighted by Crippen LogP contribution is -2.41. The van der Waals surface area contributed by atoms with Gasteiger partial charge in [-0.2, -0.15) is 0 Å². The van der Waals surface area contributed by atoms with Crippen LogP contribution in [0.5, 0.6) is 5.75 Å². The summed E-state index contributed by atoms with van der Waals surface area (Å²) in [4.78, 5) is 20.1. The Morgan fingerprint density at radius 2 is 2.06 bits per heavy atom. The molecule has 0 bridgehead atoms. The molecule has 1 amide bonds. The van der Waals surface area contributed by atoms with Crippen LogP contribution in [0.2, 0.25) is 5.02 Å². The molecular formula is C27H34ClN3O5. The Balaban J connectivity index is 1.53. The number of rotatable bonds is 10. The summed E-state index contributed by atoms with van der Waals surface area (Å²) in [6, 6.07) is 13.1. The molecule has 0 radical (unpaired) electrons. The van der Waals surface area contributed by atoms with Gasteiger partial charge in [0.1, 0.15) is 24.5 Å². The van der Waals surface area contributed by atoms with Crippen molar-refractivity contribution in [1.82, 2.24) is 14.8 Å². The summed E-state index contributed by atoms with van der Waals surface area (Å²) in [6.07, 6.45) is -0.251. The molecule has 2 N–H and O–H groups in total. The Kier molecular flexibility index (Phi) is 8.74. The number of halogens is 1. The van der Waals surface area contributed by atoms with Crippen LogP contribution in [0.3, 0.4) is 0 Å². The number of benzene rings is 2. The lowest BCUT2D eigenvalue weighted by Gasteiger charge is -2.35. The van der Waals surface area contributed by atoms with Gasteiger partial charge in [-0.3, -0.25) is 4.90 Å². The molecule has 1 aliphatic heterocycles. The van der Waals surface area contributed by atoms with Crippen LogP contribution < -0.4 is 4.74 Å². The van der Waals surface area contributed by atoms with Gasteiger partial charge in [0.25, 0.3) is 0 Å². The molecule has 4 rings (SSSR count). The Morgan fingerprint density at radius 3 is 2.78 bits per heavy atom. The number of likely N-dealkylation sites (N-methyl/N-ethyl adjacent to an activating group) is 1. The zero-order valence-corrected chi connectivity index (χ0v) is 21.8. The van der Waals surface area contributed by atoms with Crippen molar-refractivity contribution in [2.45, 2.75) is 25.5 Å². The molecule has 2 atom stereocenters. The molecule has 0 aliphatic carbocycles. The van der Waals surface area contributed by atoms with Gasteiger partial charge in [0.2, 0.25) is 0 Å². The molecule has 0 saturated carbocycles. The number of fused-ring (bicyclic) bond motifs is 3. The highest BCUT2D eigenvalue weighted by Crippen LogP contribution is 2.39. The van der Waals surface area contributed by atoms with E-state index >= 15 is 0 Å². The number of hydrogen-bond acceptors (Lipinski definition) is 6. The van der Waals surface area contributed by atoms with Crippen molar-refractivity contribution in [2.24, 2.45) is 0 Å². The van der Waals surface area contributed by atoms with Crippen molar-refractivity contribution in [1.29, 1.82) is 0 Å². The SMILES string of the molecule is CCOC(=O)N1CCc2c([nH]c3ccc(Cl)cc23)C1c1ccc(OCC(O)CN(C)CCOC)cc1. The Labute approximate surface area is 216 Å². The van der Waals surface area contributed by atoms with Gasteiger partial charge in [0.05, 0.1) is 13.2 Å². The summed E-state index contributed by atoms with van der Waals surface area (Å²) >= 11 is 6.27. The molecule has 0 fully saturated rings. The summed E-state index contributed by atoms with van der Waals surface area (Å²) < 4.78 is 16.3. The summed E-state index contributed by atoms with van der Waals surface area (Å²) in [7, 11) is 3.59. The van der Waals surface area contributed by atoms with Crippen LogP contribution in [-0.2, 0) is 15.9 Å². The molecule has 194 valence electrons. The molecular weight excluding hydrogens is 482 g/mol. The van der Waals surface area contributed by atoms with Gasteiger partial charge in [-0.15, -0.1) is 0 Å². The Hall–Kier alpha value is -2.78. The van der Waals surface area contributed by atoms with Gasteiger partial charge in [-0.25, -0.2) is 4.79 Å². The average Bonchev–Trinajstić information content (AvgIpc) is 3.24. The normalized spacial score (nSPS) is 16.3. The molecule has 36 heavy (non-hydrogen) atoms. The van der Waals surface area contributed by atoms with Crippen LogP contribution in [0.1, 0.15) is 29.8 Å². The maximum Gasteiger partial charge on any atom is 0.410 e. The fourth-order valence-corrected chi connectivity index (χ4v) is 4.87. The van der Waals surface area contributed by atoms with Gasteiger partial charge >= 0.3 is 6.09 Å². The van der Waals surface area contributed by atoms with Gasteiger partial charge in [-0.1, -0.05) is 23.7 Å². The van der Waals surface area contributed by atoms with E-state index in [1.807, 2.05) is 61.3 Å². The highest BCUT2D eigenvalue weighted by molar-refractivity contribution is 6.31. The van der Waals surface area contributed by atoms with Crippen molar-refractivity contribution in [3.63, 3.8) is 0 Å². The van der Waals surface area contributed by atoms with Crippen LogP contribution in [-0.4, -0.2) is 85.7 Å². The number of ether oxygens (including phenoxy) is 3. The predicted octanol–water partition coefficient (Wildman–Crippen LogP) is 4.24. The van der Waals surface area contributed by atoms with E-state index < -0.39 is 6.10 Å². The van der Waals surface area contributed by atoms with Gasteiger partial charge in [0.15, 0.2) is 0 Å². The lowest BCUT2D eigenvalue weighted by atomic mass is 9.92. The standard InChI is InChI=1S/C27H34ClN3O5/c1-4-35-27(33)31-12-11-22-23-15-19(28)7-10-24(23)29-25(22)26(31)18-5-8-21(9-6-18)36-17-20(32)16-30(2)13-14-34-3/h5-10,15,20,26,29,32H,4,11-14,16-17H2,1-3H3. The highest BCUT2D eigenvalue weighted by atomic mass is 35.5. The second-order valence-electron chi connectivity index (χ2n) is 9.04. The number of aliphatic hydroxyl groups excluding tert-OH is 1. The van der Waals surface area contributed by atoms with E-state index in [9.17, 15) is 9.90 Å². The van der Waals surface area contributed by atoms with E-state index in [2.05, 4.69) is 4.98 Å². The summed E-state index contributed by atoms with van der Waals surface area (Å²) in [5.74, 6) is 0.652. The second kappa shape index (κ2) is 12.0. The minimum atomic E-state index is -0.620. The molecule has 8 nitrogen and oxygen atoms in total. The summed E-state index contributed by atoms with van der Waals surface area (Å²) in [5, 5.41) is 12.1. The number of aromatic amines is 1. The molecule has 2 unspecified atom stereocenters. The molecule has 0 saturated heterocycles. The lowest BCUT2D eigenvalue weighted by molar-refractivity contribution is 0.0667. The number of nitrogens with one attached hydrogen (secondary N) is 1. The first kappa shape index (κ1) is 26.3. The first-order chi connectivity index (χ1) is 17.4. The molecule has 1 aliphatic rings. The number of aromatic nitrogens is 1. The maximum atomic E-state index is 12.9. The third-order valence-electron chi connectivity index (χ3n) is 6.43. The number of methoxy groups -OCH3 is 1. The summed E-state index contributed by atoms with van der Waals surface area (Å²) in [6.45, 7) is 4.68. The largest absolute Gasteiger partial charge is 0.491 e. The minimum absolute atomic E-state index is 0.183. The van der Waals surface area contributed by atoms with Crippen molar-refractivity contribution in [3.8, 4) is 5.75 Å². The van der Waals surface area contributed by atoms with Gasteiger partial charge < -0.3 is 29.2 Å². The minimum Gasteiger partial charge on any atom is -0.491 e. The Morgan fingerprint density at radius 1 is 1.28 bits per heavy atom. The van der Waals surface area contributed by atoms with Crippen molar-refractivity contribution in [3.05, 3.63) is 64.3 Å². The van der Waals surface area contributed by atoms with Crippen molar-refractivity contribution in [2.75, 3.05) is 53.6 Å². The van der Waals surface area contributed by atoms with E-state index in [4.69, 9.17) is 25.8 Å². The van der Waals surface area contributed by atoms with E-state index in [0.29, 0.717) is 43.5 Å². The van der Waals surface area contributed by atoms with E-state index in [1.165, 1.54) is 5.56 Å². The Bertz CT molecular complexity index is 1170. The maximum absolute atomic E-state index is 12.9. The van der Waals surface area contributed by atoms with Crippen molar-refractivity contribution < 1.29 is 24.1 Å². The van der Waals surface area contributed by atoms with Crippen molar-refractivity contribution >= 4 is 28.6 Å². The first-order valence-corrected chi connectivity index (χ1v) is 12.6. The second-order valence-corrected chi connectivity index (χ2v) is 9.48. The summed E-state index contributed by atoms with van der Waals surface area (Å²) in [5.41, 5.74) is 4.06. The van der Waals surface area contributed by atoms with Crippen LogP contribution in [0.15, 0.2) is 42.5 Å². The molecule has 0 spiro atoms. The third-order valence-corrected chi connectivity index (χ3v) is 6.66. The molecule has 9 heteroatoms. The van der Waals surface area contributed by atoms with Crippen LogP contribution in [0.4, 0.5) is 4.79 Å². The number of carbonyl (C=O) groups excluding carboxylic acids is 1. The smallest absolute Gasteiger partial charge is 0.410 e. The van der Waals surface area contributed by atoms with Crippen LogP contribution in [0, 0.1) is 0 Å². The number of amides is 1. The van der Waals surface area contributed by atoms with E-state index in [-0.39, 0.29) is 18.7 Å². The van der Waals surface area contributed by atoms with E-state index in [1.54, 1.807) is 12.0 Å². The molecule has 2 aromatic carbocycles. The van der Waals surface area contributed by atoms with E-state index in [0.717, 1.165) is 28.7 Å². The number of carbonyl (C=O) groups is 1. The zero-order valence-electron chi connectivity index (χ0n) is 21.0. The topological polar surface area (TPSA) is 87.3 Å².